The summed E-state index contributed by atoms with van der Waals surface area (Å²) in [7, 11) is 0. The van der Waals surface area contributed by atoms with Gasteiger partial charge in [0.25, 0.3) is 5.91 Å². The molecule has 1 amide bonds. The van der Waals surface area contributed by atoms with Crippen LogP contribution in [0.1, 0.15) is 6.92 Å². The van der Waals surface area contributed by atoms with Crippen LogP contribution < -0.4 is 5.32 Å². The molecule has 0 aromatic heterocycles. The fraction of sp³-hybridized carbons (Fsp3) is 0.100. The zero-order chi connectivity index (χ0) is 10.6. The number of hydrogen-bond acceptors (Lipinski definition) is 2. The van der Waals surface area contributed by atoms with Crippen LogP contribution in [-0.4, -0.2) is 11.0 Å². The summed E-state index contributed by atoms with van der Waals surface area (Å²) in [4.78, 5) is 11.2. The van der Waals surface area contributed by atoms with E-state index in [9.17, 15) is 4.79 Å². The predicted octanol–water partition coefficient (Wildman–Crippen LogP) is 2.74. The van der Waals surface area contributed by atoms with Crippen molar-refractivity contribution in [3.05, 3.63) is 41.1 Å². The molecule has 2 N–H and O–H groups in total. The van der Waals surface area contributed by atoms with Crippen LogP contribution in [0.15, 0.2) is 36.1 Å². The number of carbonyl (C=O) groups excluding carboxylic acids is 1. The van der Waals surface area contributed by atoms with Gasteiger partial charge in [0.2, 0.25) is 0 Å². The van der Waals surface area contributed by atoms with Crippen LogP contribution in [-0.2, 0) is 4.79 Å². The molecule has 1 rings (SSSR count). The summed E-state index contributed by atoms with van der Waals surface area (Å²) in [5.41, 5.74) is 0.525. The fourth-order valence-corrected chi connectivity index (χ4v) is 1.10. The van der Waals surface area contributed by atoms with Gasteiger partial charge in [0.05, 0.1) is 16.5 Å². The number of nitrogens with one attached hydrogen (secondary N) is 1. The maximum absolute atomic E-state index is 11.2. The number of aliphatic hydroxyl groups is 1. The normalized spacial score (nSPS) is 11.1. The van der Waals surface area contributed by atoms with Crippen molar-refractivity contribution in [2.24, 2.45) is 0 Å². The molecule has 0 atom stereocenters. The fourth-order valence-electron chi connectivity index (χ4n) is 0.921. The van der Waals surface area contributed by atoms with E-state index < -0.39 is 5.91 Å². The SMILES string of the molecule is CC(O)=CC(=O)Nc1ccccc1Cl. The van der Waals surface area contributed by atoms with E-state index in [1.54, 1.807) is 24.3 Å². The molecule has 14 heavy (non-hydrogen) atoms. The topological polar surface area (TPSA) is 49.3 Å². The summed E-state index contributed by atoms with van der Waals surface area (Å²) in [6.45, 7) is 1.42. The number of anilines is 1. The van der Waals surface area contributed by atoms with E-state index in [1.807, 2.05) is 0 Å². The van der Waals surface area contributed by atoms with E-state index in [1.165, 1.54) is 6.92 Å². The molecule has 3 nitrogen and oxygen atoms in total. The van der Waals surface area contributed by atoms with Crippen LogP contribution in [0.25, 0.3) is 0 Å². The Bertz CT molecular complexity index is 370. The highest BCUT2D eigenvalue weighted by molar-refractivity contribution is 6.33. The molecule has 0 spiro atoms. The second-order valence-corrected chi connectivity index (χ2v) is 3.16. The zero-order valence-electron chi connectivity index (χ0n) is 7.62. The number of amides is 1. The first-order chi connectivity index (χ1) is 6.59. The molecular formula is C10H10ClNO2. The number of benzene rings is 1. The molecule has 0 saturated carbocycles. The maximum atomic E-state index is 11.2. The lowest BCUT2D eigenvalue weighted by molar-refractivity contribution is -0.112. The summed E-state index contributed by atoms with van der Waals surface area (Å²) in [6.07, 6.45) is 1.09. The van der Waals surface area contributed by atoms with Crippen molar-refractivity contribution < 1.29 is 9.90 Å². The minimum Gasteiger partial charge on any atom is -0.512 e. The molecule has 1 aromatic carbocycles. The van der Waals surface area contributed by atoms with Gasteiger partial charge < -0.3 is 10.4 Å². The Kier molecular flexibility index (Phi) is 3.54. The number of para-hydroxylation sites is 1. The minimum absolute atomic E-state index is 0.0467. The molecule has 0 fully saturated rings. The van der Waals surface area contributed by atoms with E-state index in [0.717, 1.165) is 6.08 Å². The number of hydrogen-bond donors (Lipinski definition) is 2. The number of rotatable bonds is 2. The Morgan fingerprint density at radius 2 is 2.14 bits per heavy atom. The Balaban J connectivity index is 2.75. The van der Waals surface area contributed by atoms with Gasteiger partial charge in [-0.15, -0.1) is 0 Å². The van der Waals surface area contributed by atoms with Crippen LogP contribution in [0.5, 0.6) is 0 Å². The molecule has 0 saturated heterocycles. The predicted molar refractivity (Wildman–Crippen MR) is 56.5 cm³/mol. The van der Waals surface area contributed by atoms with E-state index in [-0.39, 0.29) is 5.76 Å². The average molecular weight is 212 g/mol. The molecule has 0 radical (unpaired) electrons. The van der Waals surface area contributed by atoms with E-state index >= 15 is 0 Å². The van der Waals surface area contributed by atoms with Gasteiger partial charge in [-0.3, -0.25) is 4.79 Å². The third-order valence-corrected chi connectivity index (χ3v) is 1.80. The summed E-state index contributed by atoms with van der Waals surface area (Å²) in [5, 5.41) is 11.8. The third-order valence-electron chi connectivity index (χ3n) is 1.47. The Hall–Kier alpha value is -1.48. The maximum Gasteiger partial charge on any atom is 0.251 e. The monoisotopic (exact) mass is 211 g/mol. The first-order valence-corrected chi connectivity index (χ1v) is 4.40. The van der Waals surface area contributed by atoms with Crippen LogP contribution in [0.4, 0.5) is 5.69 Å². The van der Waals surface area contributed by atoms with Crippen LogP contribution in [0.3, 0.4) is 0 Å². The van der Waals surface area contributed by atoms with Gasteiger partial charge in [0.15, 0.2) is 0 Å². The van der Waals surface area contributed by atoms with Gasteiger partial charge in [0, 0.05) is 6.08 Å². The minimum atomic E-state index is -0.405. The highest BCUT2D eigenvalue weighted by atomic mass is 35.5. The number of aliphatic hydroxyl groups excluding tert-OH is 1. The number of halogens is 1. The molecule has 74 valence electrons. The van der Waals surface area contributed by atoms with Crippen molar-refractivity contribution in [3.8, 4) is 0 Å². The highest BCUT2D eigenvalue weighted by Crippen LogP contribution is 2.20. The number of allylic oxidation sites excluding steroid dienone is 1. The summed E-state index contributed by atoms with van der Waals surface area (Å²) >= 11 is 5.81. The van der Waals surface area contributed by atoms with Gasteiger partial charge in [-0.1, -0.05) is 23.7 Å². The van der Waals surface area contributed by atoms with Gasteiger partial charge in [-0.05, 0) is 19.1 Å². The van der Waals surface area contributed by atoms with Crippen molar-refractivity contribution in [2.45, 2.75) is 6.92 Å². The molecule has 4 heteroatoms. The number of carbonyl (C=O) groups is 1. The molecule has 0 heterocycles. The molecule has 1 aromatic rings. The van der Waals surface area contributed by atoms with Crippen LogP contribution in [0.2, 0.25) is 5.02 Å². The zero-order valence-corrected chi connectivity index (χ0v) is 8.38. The van der Waals surface area contributed by atoms with E-state index in [2.05, 4.69) is 5.32 Å². The van der Waals surface area contributed by atoms with Gasteiger partial charge in [-0.2, -0.15) is 0 Å². The van der Waals surface area contributed by atoms with Gasteiger partial charge in [0.1, 0.15) is 0 Å². The van der Waals surface area contributed by atoms with Crippen molar-refractivity contribution in [3.63, 3.8) is 0 Å². The lowest BCUT2D eigenvalue weighted by Gasteiger charge is -2.03. The third kappa shape index (κ3) is 3.11. The van der Waals surface area contributed by atoms with E-state index in [0.29, 0.717) is 10.7 Å². The molecule has 0 aliphatic heterocycles. The van der Waals surface area contributed by atoms with E-state index in [4.69, 9.17) is 16.7 Å². The Labute approximate surface area is 87.0 Å². The van der Waals surface area contributed by atoms with Crippen LogP contribution in [0, 0.1) is 0 Å². The van der Waals surface area contributed by atoms with Gasteiger partial charge >= 0.3 is 0 Å². The van der Waals surface area contributed by atoms with Gasteiger partial charge in [-0.25, -0.2) is 0 Å². The molecule has 0 bridgehead atoms. The van der Waals surface area contributed by atoms with Crippen LogP contribution >= 0.6 is 11.6 Å². The average Bonchev–Trinajstić information content (AvgIpc) is 2.07. The first-order valence-electron chi connectivity index (χ1n) is 4.02. The van der Waals surface area contributed by atoms with Crippen molar-refractivity contribution >= 4 is 23.2 Å². The molecular weight excluding hydrogens is 202 g/mol. The second kappa shape index (κ2) is 4.67. The lowest BCUT2D eigenvalue weighted by atomic mass is 10.3. The quantitative estimate of drug-likeness (QED) is 0.584. The Morgan fingerprint density at radius 1 is 1.50 bits per heavy atom. The van der Waals surface area contributed by atoms with Crippen molar-refractivity contribution in [1.82, 2.24) is 0 Å². The standard InChI is InChI=1S/C10H10ClNO2/c1-7(13)6-10(14)12-9-5-3-2-4-8(9)11/h2-6,13H,1H3,(H,12,14). The Morgan fingerprint density at radius 3 is 2.71 bits per heavy atom. The summed E-state index contributed by atoms with van der Waals surface area (Å²) in [5.74, 6) is -0.451. The van der Waals surface area contributed by atoms with Crippen molar-refractivity contribution in [1.29, 1.82) is 0 Å². The highest BCUT2D eigenvalue weighted by Gasteiger charge is 2.02. The second-order valence-electron chi connectivity index (χ2n) is 2.75. The molecule has 0 aliphatic carbocycles. The summed E-state index contributed by atoms with van der Waals surface area (Å²) in [6, 6.07) is 6.88. The first kappa shape index (κ1) is 10.6. The smallest absolute Gasteiger partial charge is 0.251 e. The van der Waals surface area contributed by atoms with Crippen molar-refractivity contribution in [2.75, 3.05) is 5.32 Å². The summed E-state index contributed by atoms with van der Waals surface area (Å²) < 4.78 is 0. The largest absolute Gasteiger partial charge is 0.512 e. The molecule has 0 aliphatic rings. The molecule has 0 unspecified atom stereocenters. The lowest BCUT2D eigenvalue weighted by Crippen LogP contribution is -2.08.